The Morgan fingerprint density at radius 1 is 0.762 bits per heavy atom. The van der Waals surface area contributed by atoms with Crippen LogP contribution in [-0.2, 0) is 4.74 Å². The van der Waals surface area contributed by atoms with E-state index < -0.39 is 11.9 Å². The second-order valence-corrected chi connectivity index (χ2v) is 10.9. The van der Waals surface area contributed by atoms with Crippen molar-refractivity contribution in [3.63, 3.8) is 0 Å². The number of ether oxygens (including phenoxy) is 1. The van der Waals surface area contributed by atoms with Gasteiger partial charge in [0.25, 0.3) is 5.91 Å². The molecular weight excluding hydrogens is 549 g/mol. The molecule has 208 valence electrons. The molecule has 0 unspecified atom stereocenters. The molecule has 0 radical (unpaired) electrons. The molecule has 2 amide bonds. The van der Waals surface area contributed by atoms with Crippen LogP contribution in [0.2, 0.25) is 0 Å². The van der Waals surface area contributed by atoms with Crippen LogP contribution in [-0.4, -0.2) is 18.6 Å². The molecule has 5 aromatic carbocycles. The molecule has 6 rings (SSSR count). The molecule has 0 spiro atoms. The molecular formula is C34H26FN3O3S. The molecule has 0 saturated heterocycles. The minimum Gasteiger partial charge on any atom is -0.448 e. The third kappa shape index (κ3) is 5.84. The predicted octanol–water partition coefficient (Wildman–Crippen LogP) is 8.17. The van der Waals surface area contributed by atoms with E-state index in [1.165, 1.54) is 41.1 Å². The summed E-state index contributed by atoms with van der Waals surface area (Å²) in [6.07, 6.45) is -0.520. The molecule has 0 atom stereocenters. The third-order valence-electron chi connectivity index (χ3n) is 7.03. The molecule has 0 aromatic heterocycles. The number of hydrogen-bond acceptors (Lipinski definition) is 5. The Balaban J connectivity index is 1.04. The minimum atomic E-state index is -0.520. The molecule has 1 aliphatic carbocycles. The van der Waals surface area contributed by atoms with E-state index in [2.05, 4.69) is 34.9 Å². The van der Waals surface area contributed by atoms with Gasteiger partial charge in [0.15, 0.2) is 0 Å². The second-order valence-electron chi connectivity index (χ2n) is 9.79. The maximum absolute atomic E-state index is 13.4. The number of halogens is 1. The van der Waals surface area contributed by atoms with Crippen molar-refractivity contribution in [2.24, 2.45) is 0 Å². The molecule has 0 heterocycles. The van der Waals surface area contributed by atoms with Crippen LogP contribution in [0.4, 0.5) is 26.2 Å². The van der Waals surface area contributed by atoms with Gasteiger partial charge in [-0.15, -0.1) is 0 Å². The van der Waals surface area contributed by atoms with Crippen LogP contribution in [0.3, 0.4) is 0 Å². The monoisotopic (exact) mass is 575 g/mol. The highest BCUT2D eigenvalue weighted by molar-refractivity contribution is 7.99. The van der Waals surface area contributed by atoms with Crippen LogP contribution in [0.1, 0.15) is 27.4 Å². The first-order chi connectivity index (χ1) is 20.4. The van der Waals surface area contributed by atoms with Crippen molar-refractivity contribution >= 4 is 40.8 Å². The SMILES string of the molecule is Nc1cc(C(=O)Nc2cccc(F)c2)ccc1Sc1ccc(NC(=O)OCC2c3ccccc3-c3ccccc32)cc1. The zero-order valence-electron chi connectivity index (χ0n) is 22.3. The Morgan fingerprint density at radius 2 is 1.45 bits per heavy atom. The average Bonchev–Trinajstić information content (AvgIpc) is 3.31. The summed E-state index contributed by atoms with van der Waals surface area (Å²) in [4.78, 5) is 26.9. The fourth-order valence-corrected chi connectivity index (χ4v) is 5.88. The van der Waals surface area contributed by atoms with Crippen molar-refractivity contribution in [2.45, 2.75) is 15.7 Å². The third-order valence-corrected chi connectivity index (χ3v) is 8.13. The van der Waals surface area contributed by atoms with Crippen molar-refractivity contribution in [1.29, 1.82) is 0 Å². The summed E-state index contributed by atoms with van der Waals surface area (Å²) in [5.74, 6) is -0.822. The van der Waals surface area contributed by atoms with Crippen LogP contribution in [0.5, 0.6) is 0 Å². The normalized spacial score (nSPS) is 11.8. The Labute approximate surface area is 246 Å². The number of anilines is 3. The summed E-state index contributed by atoms with van der Waals surface area (Å²) in [5, 5.41) is 5.46. The summed E-state index contributed by atoms with van der Waals surface area (Å²) >= 11 is 1.43. The van der Waals surface area contributed by atoms with E-state index in [4.69, 9.17) is 10.5 Å². The van der Waals surface area contributed by atoms with Gasteiger partial charge in [-0.1, -0.05) is 66.4 Å². The van der Waals surface area contributed by atoms with Gasteiger partial charge in [0.1, 0.15) is 12.4 Å². The first-order valence-corrected chi connectivity index (χ1v) is 14.1. The van der Waals surface area contributed by atoms with E-state index >= 15 is 0 Å². The van der Waals surface area contributed by atoms with Gasteiger partial charge in [-0.05, 0) is 82.9 Å². The smallest absolute Gasteiger partial charge is 0.411 e. The zero-order valence-corrected chi connectivity index (χ0v) is 23.2. The fourth-order valence-electron chi connectivity index (χ4n) is 5.04. The lowest BCUT2D eigenvalue weighted by Gasteiger charge is -2.14. The Morgan fingerprint density at radius 3 is 2.12 bits per heavy atom. The topological polar surface area (TPSA) is 93.5 Å². The van der Waals surface area contributed by atoms with Gasteiger partial charge >= 0.3 is 6.09 Å². The molecule has 0 bridgehead atoms. The number of fused-ring (bicyclic) bond motifs is 3. The first kappa shape index (κ1) is 27.1. The Bertz CT molecular complexity index is 1750. The molecule has 42 heavy (non-hydrogen) atoms. The summed E-state index contributed by atoms with van der Waals surface area (Å²) < 4.78 is 19.0. The quantitative estimate of drug-likeness (QED) is 0.170. The van der Waals surface area contributed by atoms with Crippen molar-refractivity contribution in [3.05, 3.63) is 138 Å². The lowest BCUT2D eigenvalue weighted by atomic mass is 9.98. The van der Waals surface area contributed by atoms with Gasteiger partial charge in [-0.25, -0.2) is 9.18 Å². The van der Waals surface area contributed by atoms with E-state index in [1.54, 1.807) is 36.4 Å². The number of nitrogens with two attached hydrogens (primary N) is 1. The number of carbonyl (C=O) groups excluding carboxylic acids is 2. The number of nitrogen functional groups attached to an aromatic ring is 1. The van der Waals surface area contributed by atoms with E-state index in [1.807, 2.05) is 36.4 Å². The van der Waals surface area contributed by atoms with Crippen molar-refractivity contribution in [3.8, 4) is 11.1 Å². The lowest BCUT2D eigenvalue weighted by Crippen LogP contribution is -2.17. The van der Waals surface area contributed by atoms with Crippen molar-refractivity contribution in [2.75, 3.05) is 23.0 Å². The first-order valence-electron chi connectivity index (χ1n) is 13.3. The van der Waals surface area contributed by atoms with Crippen LogP contribution in [0.25, 0.3) is 11.1 Å². The predicted molar refractivity (Wildman–Crippen MR) is 164 cm³/mol. The highest BCUT2D eigenvalue weighted by Crippen LogP contribution is 2.44. The van der Waals surface area contributed by atoms with Gasteiger partial charge in [-0.3, -0.25) is 10.1 Å². The Hall–Kier alpha value is -5.08. The van der Waals surface area contributed by atoms with Gasteiger partial charge in [-0.2, -0.15) is 0 Å². The number of carbonyl (C=O) groups is 2. The standard InChI is InChI=1S/C34H26FN3O3S/c35-22-6-5-7-24(19-22)37-33(39)21-12-17-32(31(36)18-21)42-25-15-13-23(14-16-25)38-34(40)41-20-30-28-10-3-1-8-26(28)27-9-2-4-11-29(27)30/h1-19,30H,20,36H2,(H,37,39)(H,38,40). The van der Waals surface area contributed by atoms with E-state index in [9.17, 15) is 14.0 Å². The van der Waals surface area contributed by atoms with Crippen LogP contribution in [0, 0.1) is 5.82 Å². The van der Waals surface area contributed by atoms with Gasteiger partial charge < -0.3 is 15.8 Å². The highest BCUT2D eigenvalue weighted by atomic mass is 32.2. The summed E-state index contributed by atoms with van der Waals surface area (Å²) in [7, 11) is 0. The number of hydrogen-bond donors (Lipinski definition) is 3. The molecule has 6 nitrogen and oxygen atoms in total. The van der Waals surface area contributed by atoms with E-state index in [0.29, 0.717) is 22.6 Å². The van der Waals surface area contributed by atoms with Crippen molar-refractivity contribution in [1.82, 2.24) is 0 Å². The van der Waals surface area contributed by atoms with Gasteiger partial charge in [0, 0.05) is 38.3 Å². The lowest BCUT2D eigenvalue weighted by molar-refractivity contribution is 0.102. The van der Waals surface area contributed by atoms with E-state index in [-0.39, 0.29) is 18.4 Å². The van der Waals surface area contributed by atoms with Crippen LogP contribution in [0.15, 0.2) is 125 Å². The Kier molecular flexibility index (Phi) is 7.62. The minimum absolute atomic E-state index is 0.00816. The summed E-state index contributed by atoms with van der Waals surface area (Å²) in [6, 6.07) is 34.5. The zero-order chi connectivity index (χ0) is 29.1. The molecule has 0 fully saturated rings. The second kappa shape index (κ2) is 11.8. The number of nitrogens with one attached hydrogen (secondary N) is 2. The van der Waals surface area contributed by atoms with Crippen LogP contribution >= 0.6 is 11.8 Å². The summed E-state index contributed by atoms with van der Waals surface area (Å²) in [5.41, 5.74) is 12.7. The van der Waals surface area contributed by atoms with Crippen molar-refractivity contribution < 1.29 is 18.7 Å². The highest BCUT2D eigenvalue weighted by Gasteiger charge is 2.29. The number of benzene rings is 5. The number of rotatable bonds is 7. The fraction of sp³-hybridized carbons (Fsp3) is 0.0588. The molecule has 8 heteroatoms. The maximum Gasteiger partial charge on any atom is 0.411 e. The maximum atomic E-state index is 13.4. The van der Waals surface area contributed by atoms with Gasteiger partial charge in [0.2, 0.25) is 0 Å². The number of amides is 2. The average molecular weight is 576 g/mol. The molecule has 5 aromatic rings. The summed E-state index contributed by atoms with van der Waals surface area (Å²) in [6.45, 7) is 0.239. The van der Waals surface area contributed by atoms with E-state index in [0.717, 1.165) is 20.9 Å². The molecule has 4 N–H and O–H groups in total. The van der Waals surface area contributed by atoms with Gasteiger partial charge in [0.05, 0.1) is 0 Å². The van der Waals surface area contributed by atoms with Crippen LogP contribution < -0.4 is 16.4 Å². The largest absolute Gasteiger partial charge is 0.448 e. The molecule has 1 aliphatic rings. The molecule has 0 aliphatic heterocycles. The molecule has 0 saturated carbocycles.